The molecule has 0 radical (unpaired) electrons. The Morgan fingerprint density at radius 3 is 2.26 bits per heavy atom. The first kappa shape index (κ1) is 24.0. The van der Waals surface area contributed by atoms with Gasteiger partial charge in [-0.2, -0.15) is 4.98 Å². The Kier molecular flexibility index (Phi) is 10.1. The van der Waals surface area contributed by atoms with Crippen LogP contribution in [0.4, 0.5) is 0 Å². The number of aryl methyl sites for hydroxylation is 1. The van der Waals surface area contributed by atoms with E-state index in [2.05, 4.69) is 11.9 Å². The predicted octanol–water partition coefficient (Wildman–Crippen LogP) is 5.90. The van der Waals surface area contributed by atoms with Gasteiger partial charge in [0.05, 0.1) is 18.1 Å². The molecular weight excluding hydrogens is 392 g/mol. The minimum atomic E-state index is -0.359. The molecule has 2 aromatic rings. The average molecular weight is 433 g/mol. The summed E-state index contributed by atoms with van der Waals surface area (Å²) in [5.74, 6) is 0.896. The molecule has 2 atom stereocenters. The summed E-state index contributed by atoms with van der Waals surface area (Å²) in [7, 11) is 0. The van der Waals surface area contributed by atoms with Crippen LogP contribution in [0, 0.1) is 0 Å². The van der Waals surface area contributed by atoms with Crippen LogP contribution in [-0.4, -0.2) is 27.4 Å². The van der Waals surface area contributed by atoms with E-state index < -0.39 is 0 Å². The van der Waals surface area contributed by atoms with Crippen molar-refractivity contribution >= 4 is 11.1 Å². The highest BCUT2D eigenvalue weighted by molar-refractivity contribution is 5.72. The molecule has 0 bridgehead atoms. The molecule has 1 saturated heterocycles. The van der Waals surface area contributed by atoms with Crippen molar-refractivity contribution in [2.24, 2.45) is 0 Å². The standard InChI is InChI=1S/C25H40N2O4/c1-2-3-4-5-6-7-8-9-10-11-12-13-14-21-17-20-18-27(25(29)26-24(20)31-21)23-16-15-22(19-28)30-23/h17-18,22-23,28H,2-16,19H2,1H3/t22-,23+/m0/s1. The van der Waals surface area contributed by atoms with Crippen LogP contribution in [0.1, 0.15) is 109 Å². The summed E-state index contributed by atoms with van der Waals surface area (Å²) in [5.41, 5.74) is 0.0502. The average Bonchev–Trinajstić information content (AvgIpc) is 3.40. The van der Waals surface area contributed by atoms with Crippen LogP contribution in [0.2, 0.25) is 0 Å². The molecule has 2 aromatic heterocycles. The van der Waals surface area contributed by atoms with Gasteiger partial charge in [0, 0.05) is 12.6 Å². The zero-order valence-electron chi connectivity index (χ0n) is 19.2. The van der Waals surface area contributed by atoms with E-state index in [9.17, 15) is 9.90 Å². The van der Waals surface area contributed by atoms with Gasteiger partial charge in [-0.25, -0.2) is 4.79 Å². The number of hydrogen-bond acceptors (Lipinski definition) is 5. The van der Waals surface area contributed by atoms with Crippen LogP contribution in [0.25, 0.3) is 11.1 Å². The molecule has 0 aromatic carbocycles. The predicted molar refractivity (Wildman–Crippen MR) is 123 cm³/mol. The van der Waals surface area contributed by atoms with Crippen LogP contribution in [0.15, 0.2) is 21.5 Å². The first-order valence-electron chi connectivity index (χ1n) is 12.5. The molecule has 3 rings (SSSR count). The molecule has 6 nitrogen and oxygen atoms in total. The van der Waals surface area contributed by atoms with Crippen molar-refractivity contribution in [3.05, 3.63) is 28.5 Å². The molecule has 1 N–H and O–H groups in total. The largest absolute Gasteiger partial charge is 0.443 e. The second kappa shape index (κ2) is 13.0. The van der Waals surface area contributed by atoms with Crippen molar-refractivity contribution in [3.63, 3.8) is 0 Å². The van der Waals surface area contributed by atoms with E-state index >= 15 is 0 Å². The summed E-state index contributed by atoms with van der Waals surface area (Å²) in [5, 5.41) is 10.1. The van der Waals surface area contributed by atoms with Crippen molar-refractivity contribution in [1.82, 2.24) is 9.55 Å². The molecule has 0 amide bonds. The van der Waals surface area contributed by atoms with Crippen molar-refractivity contribution in [3.8, 4) is 0 Å². The molecule has 174 valence electrons. The van der Waals surface area contributed by atoms with E-state index in [4.69, 9.17) is 9.15 Å². The second-order valence-corrected chi connectivity index (χ2v) is 9.02. The number of rotatable bonds is 15. The van der Waals surface area contributed by atoms with Gasteiger partial charge in [-0.15, -0.1) is 0 Å². The van der Waals surface area contributed by atoms with Crippen LogP contribution < -0.4 is 5.69 Å². The zero-order valence-corrected chi connectivity index (χ0v) is 19.2. The highest BCUT2D eigenvalue weighted by Crippen LogP contribution is 2.28. The highest BCUT2D eigenvalue weighted by Gasteiger charge is 2.27. The van der Waals surface area contributed by atoms with Crippen molar-refractivity contribution in [2.75, 3.05) is 6.61 Å². The Hall–Kier alpha value is -1.66. The van der Waals surface area contributed by atoms with Crippen LogP contribution in [0.5, 0.6) is 0 Å². The fourth-order valence-electron chi connectivity index (χ4n) is 4.47. The molecule has 1 aliphatic rings. The summed E-state index contributed by atoms with van der Waals surface area (Å²) < 4.78 is 13.1. The number of nitrogens with zero attached hydrogens (tertiary/aromatic N) is 2. The van der Waals surface area contributed by atoms with E-state index in [0.29, 0.717) is 12.1 Å². The number of aliphatic hydroxyl groups excluding tert-OH is 1. The molecule has 3 heterocycles. The van der Waals surface area contributed by atoms with Crippen LogP contribution in [-0.2, 0) is 11.2 Å². The summed E-state index contributed by atoms with van der Waals surface area (Å²) in [6, 6.07) is 2.00. The normalized spacial score (nSPS) is 18.9. The Balaban J connectivity index is 1.34. The zero-order chi connectivity index (χ0) is 21.9. The number of fused-ring (bicyclic) bond motifs is 1. The van der Waals surface area contributed by atoms with Gasteiger partial charge in [0.25, 0.3) is 0 Å². The number of aliphatic hydroxyl groups is 1. The molecular formula is C25H40N2O4. The first-order chi connectivity index (χ1) is 15.2. The Morgan fingerprint density at radius 1 is 1.00 bits per heavy atom. The summed E-state index contributed by atoms with van der Waals surface area (Å²) in [6.45, 7) is 2.25. The fourth-order valence-corrected chi connectivity index (χ4v) is 4.47. The van der Waals surface area contributed by atoms with Crippen molar-refractivity contribution in [1.29, 1.82) is 0 Å². The second-order valence-electron chi connectivity index (χ2n) is 9.02. The van der Waals surface area contributed by atoms with Gasteiger partial charge in [0.1, 0.15) is 12.0 Å². The quantitative estimate of drug-likeness (QED) is 0.354. The van der Waals surface area contributed by atoms with Gasteiger partial charge in [-0.05, 0) is 25.3 Å². The monoisotopic (exact) mass is 432 g/mol. The fraction of sp³-hybridized carbons (Fsp3) is 0.760. The Bertz CT molecular complexity index is 829. The topological polar surface area (TPSA) is 77.5 Å². The summed E-state index contributed by atoms with van der Waals surface area (Å²) >= 11 is 0. The first-order valence-corrected chi connectivity index (χ1v) is 12.5. The summed E-state index contributed by atoms with van der Waals surface area (Å²) in [6.07, 6.45) is 19.6. The molecule has 1 aliphatic heterocycles. The van der Waals surface area contributed by atoms with Crippen molar-refractivity contribution < 1.29 is 14.3 Å². The lowest BCUT2D eigenvalue weighted by Crippen LogP contribution is -2.27. The number of aromatic nitrogens is 2. The maximum Gasteiger partial charge on any atom is 0.353 e. The minimum Gasteiger partial charge on any atom is -0.443 e. The SMILES string of the molecule is CCCCCCCCCCCCCCc1cc2cn([C@H]3CC[C@@H](CO)O3)c(=O)nc2o1. The smallest absolute Gasteiger partial charge is 0.353 e. The molecule has 31 heavy (non-hydrogen) atoms. The van der Waals surface area contributed by atoms with Gasteiger partial charge >= 0.3 is 5.69 Å². The van der Waals surface area contributed by atoms with E-state index in [1.165, 1.54) is 75.2 Å². The third-order valence-corrected chi connectivity index (χ3v) is 6.36. The molecule has 0 saturated carbocycles. The van der Waals surface area contributed by atoms with Gasteiger partial charge in [0.2, 0.25) is 5.71 Å². The van der Waals surface area contributed by atoms with E-state index in [-0.39, 0.29) is 24.6 Å². The van der Waals surface area contributed by atoms with E-state index in [0.717, 1.165) is 30.4 Å². The lowest BCUT2D eigenvalue weighted by atomic mass is 10.0. The third-order valence-electron chi connectivity index (χ3n) is 6.36. The molecule has 6 heteroatoms. The summed E-state index contributed by atoms with van der Waals surface area (Å²) in [4.78, 5) is 16.4. The Morgan fingerprint density at radius 2 is 1.65 bits per heavy atom. The third kappa shape index (κ3) is 7.46. The van der Waals surface area contributed by atoms with Crippen molar-refractivity contribution in [2.45, 2.75) is 116 Å². The number of hydrogen-bond donors (Lipinski definition) is 1. The van der Waals surface area contributed by atoms with Gasteiger partial charge < -0.3 is 14.3 Å². The van der Waals surface area contributed by atoms with Crippen LogP contribution >= 0.6 is 0 Å². The number of ether oxygens (including phenoxy) is 1. The number of furan rings is 1. The van der Waals surface area contributed by atoms with Crippen LogP contribution in [0.3, 0.4) is 0 Å². The lowest BCUT2D eigenvalue weighted by Gasteiger charge is -2.14. The van der Waals surface area contributed by atoms with E-state index in [1.54, 1.807) is 6.20 Å². The molecule has 0 unspecified atom stereocenters. The Labute approximate surface area is 186 Å². The maximum absolute atomic E-state index is 12.3. The molecule has 0 aliphatic carbocycles. The molecule has 1 fully saturated rings. The van der Waals surface area contributed by atoms with Gasteiger partial charge in [0.15, 0.2) is 0 Å². The lowest BCUT2D eigenvalue weighted by molar-refractivity contribution is -0.0243. The van der Waals surface area contributed by atoms with Gasteiger partial charge in [-0.3, -0.25) is 4.57 Å². The maximum atomic E-state index is 12.3. The minimum absolute atomic E-state index is 0.0180. The highest BCUT2D eigenvalue weighted by atomic mass is 16.5. The van der Waals surface area contributed by atoms with E-state index in [1.807, 2.05) is 6.07 Å². The van der Waals surface area contributed by atoms with Gasteiger partial charge in [-0.1, -0.05) is 77.6 Å². The number of unbranched alkanes of at least 4 members (excludes halogenated alkanes) is 11. The molecule has 0 spiro atoms.